The predicted molar refractivity (Wildman–Crippen MR) is 456 cm³/mol. The molecule has 12 aromatic carbocycles. The van der Waals surface area contributed by atoms with Crippen molar-refractivity contribution in [3.05, 3.63) is 241 Å². The number of esters is 4. The van der Waals surface area contributed by atoms with Crippen molar-refractivity contribution in [2.75, 3.05) is 0 Å². The average molecular weight is 1470 g/mol. The second kappa shape index (κ2) is 32.5. The molecule has 0 atom stereocenters. The fraction of sp³-hybridized carbons (Fsp3) is 0.412. The smallest absolute Gasteiger partial charge is 0.312 e. The van der Waals surface area contributed by atoms with E-state index in [0.29, 0.717) is 0 Å². The number of hydrogen-bond donors (Lipinski definition) is 0. The molecule has 12 aromatic rings. The topological polar surface area (TPSA) is 105 Å². The van der Waals surface area contributed by atoms with Crippen LogP contribution in [0.15, 0.2) is 218 Å². The molecule has 110 heavy (non-hydrogen) atoms. The van der Waals surface area contributed by atoms with Crippen molar-refractivity contribution in [2.24, 2.45) is 21.7 Å². The molecule has 8 nitrogen and oxygen atoms in total. The lowest BCUT2D eigenvalue weighted by atomic mass is 9.75. The first-order valence-electron chi connectivity index (χ1n) is 41.4. The van der Waals surface area contributed by atoms with Gasteiger partial charge in [0.25, 0.3) is 0 Å². The van der Waals surface area contributed by atoms with Crippen LogP contribution in [-0.4, -0.2) is 23.9 Å². The Bertz CT molecular complexity index is 5220. The van der Waals surface area contributed by atoms with Crippen LogP contribution in [0.1, 0.15) is 247 Å². The Morgan fingerprint density at radius 1 is 0.245 bits per heavy atom. The Morgan fingerprint density at radius 2 is 0.445 bits per heavy atom. The maximum absolute atomic E-state index is 13.2. The van der Waals surface area contributed by atoms with Crippen molar-refractivity contribution in [3.63, 3.8) is 0 Å². The van der Waals surface area contributed by atoms with Gasteiger partial charge in [-0.15, -0.1) is 0 Å². The van der Waals surface area contributed by atoms with Crippen molar-refractivity contribution in [1.29, 1.82) is 0 Å². The Morgan fingerprint density at radius 3 is 0.709 bits per heavy atom. The summed E-state index contributed by atoms with van der Waals surface area (Å²) in [5, 5.41) is 19.6. The van der Waals surface area contributed by atoms with E-state index in [2.05, 4.69) is 239 Å². The summed E-state index contributed by atoms with van der Waals surface area (Å²) in [6.45, 7) is 24.1. The summed E-state index contributed by atoms with van der Waals surface area (Å²) in [5.74, 6) is -0.307. The first-order valence-corrected chi connectivity index (χ1v) is 41.4. The van der Waals surface area contributed by atoms with Gasteiger partial charge in [0, 0.05) is 11.1 Å². The van der Waals surface area contributed by atoms with Gasteiger partial charge in [0.15, 0.2) is 0 Å². The third-order valence-corrected chi connectivity index (χ3v) is 26.0. The van der Waals surface area contributed by atoms with Gasteiger partial charge in [-0.2, -0.15) is 0 Å². The van der Waals surface area contributed by atoms with E-state index in [1.54, 1.807) is 0 Å². The number of ether oxygens (including phenoxy) is 4. The number of benzene rings is 12. The van der Waals surface area contributed by atoms with Crippen LogP contribution in [0.4, 0.5) is 0 Å². The Balaban J connectivity index is 0.000000129. The molecule has 0 aromatic heterocycles. The third kappa shape index (κ3) is 16.2. The minimum atomic E-state index is -0.539. The molecule has 4 aliphatic carbocycles. The van der Waals surface area contributed by atoms with Gasteiger partial charge in [0.2, 0.25) is 0 Å². The quantitative estimate of drug-likeness (QED) is 0.0535. The zero-order chi connectivity index (χ0) is 77.7. The third-order valence-electron chi connectivity index (χ3n) is 26.0. The summed E-state index contributed by atoms with van der Waals surface area (Å²) in [6.07, 6.45) is 21.6. The van der Waals surface area contributed by atoms with E-state index in [1.165, 1.54) is 110 Å². The summed E-state index contributed by atoms with van der Waals surface area (Å²) in [6, 6.07) is 77.6. The van der Waals surface area contributed by atoms with Crippen LogP contribution in [0.3, 0.4) is 0 Å². The fourth-order valence-electron chi connectivity index (χ4n) is 17.1. The minimum Gasteiger partial charge on any atom is -0.454 e. The highest BCUT2D eigenvalue weighted by molar-refractivity contribution is 6.05. The Labute approximate surface area is 653 Å². The maximum atomic E-state index is 13.2. The van der Waals surface area contributed by atoms with E-state index in [4.69, 9.17) is 18.9 Å². The fourth-order valence-corrected chi connectivity index (χ4v) is 17.1. The lowest BCUT2D eigenvalue weighted by Crippen LogP contribution is -2.39. The van der Waals surface area contributed by atoms with E-state index in [-0.39, 0.29) is 23.9 Å². The van der Waals surface area contributed by atoms with E-state index < -0.39 is 44.1 Å². The zero-order valence-electron chi connectivity index (χ0n) is 67.6. The van der Waals surface area contributed by atoms with Crippen molar-refractivity contribution < 1.29 is 38.1 Å². The van der Waals surface area contributed by atoms with Crippen LogP contribution in [0.5, 0.6) is 0 Å². The van der Waals surface area contributed by atoms with Gasteiger partial charge in [-0.25, -0.2) is 0 Å². The van der Waals surface area contributed by atoms with Crippen LogP contribution in [0.25, 0.3) is 86.2 Å². The van der Waals surface area contributed by atoms with Crippen LogP contribution < -0.4 is 0 Å². The van der Waals surface area contributed by atoms with Gasteiger partial charge in [0.05, 0.1) is 21.7 Å². The lowest BCUT2D eigenvalue weighted by Gasteiger charge is -2.40. The number of carbonyl (C=O) groups is 4. The molecule has 0 N–H and O–H groups in total. The van der Waals surface area contributed by atoms with Crippen molar-refractivity contribution in [3.8, 4) is 0 Å². The lowest BCUT2D eigenvalue weighted by molar-refractivity contribution is -0.176. The van der Waals surface area contributed by atoms with E-state index in [0.717, 1.165) is 140 Å². The first kappa shape index (κ1) is 78.7. The van der Waals surface area contributed by atoms with Gasteiger partial charge in [0.1, 0.15) is 22.4 Å². The summed E-state index contributed by atoms with van der Waals surface area (Å²) >= 11 is 0. The standard InChI is InChI=1S/2C26H30O2.2C25H28O2/c1-4-25(2,3)24(27)28-26(16-10-5-11-17-26)23-21-14-8-6-12-19(21)18-20-13-7-9-15-22(20)23;1-4-25(2,3)24(27)28-26(14-8-5-9-15-26)23-13-12-21-16-19-10-6-7-11-20(19)17-22(21)18-23;1-4-24(2,3)23(26)27-25(15-9-10-16-25)22-20-13-7-5-11-18(20)17-19-12-6-8-14-21(19)22;1-4-24(2,3)23(26)27-25(13-7-8-14-25)22-12-11-20-15-18-9-5-6-10-19(18)16-21(20)17-22/h6-9,12-15,18H,4-5,10-11,16-17H2,1-3H3;6-7,10-13,16-18H,4-5,8-9,14-15H2,1-3H3;5-8,11-14,17H,4,9-10,15-16H2,1-3H3;5-6,9-12,15-17H,4,7-8,13-14H2,1-3H3. The molecule has 0 spiro atoms. The van der Waals surface area contributed by atoms with E-state index in [9.17, 15) is 19.2 Å². The van der Waals surface area contributed by atoms with Gasteiger partial charge in [-0.3, -0.25) is 19.2 Å². The van der Waals surface area contributed by atoms with Crippen molar-refractivity contribution >= 4 is 110 Å². The van der Waals surface area contributed by atoms with Crippen LogP contribution in [0, 0.1) is 21.7 Å². The number of hydrogen-bond acceptors (Lipinski definition) is 8. The molecular formula is C102H116O8. The molecule has 4 aliphatic rings. The van der Waals surface area contributed by atoms with E-state index in [1.807, 2.05) is 62.3 Å². The molecule has 0 heterocycles. The van der Waals surface area contributed by atoms with Crippen LogP contribution in [0.2, 0.25) is 0 Å². The Kier molecular flexibility index (Phi) is 23.3. The molecule has 16 rings (SSSR count). The van der Waals surface area contributed by atoms with Gasteiger partial charge in [-0.05, 0) is 330 Å². The highest BCUT2D eigenvalue weighted by Crippen LogP contribution is 2.52. The highest BCUT2D eigenvalue weighted by atomic mass is 16.6. The largest absolute Gasteiger partial charge is 0.454 e. The summed E-state index contributed by atoms with van der Waals surface area (Å²) in [4.78, 5) is 52.1. The predicted octanol–water partition coefficient (Wildman–Crippen LogP) is 27.7. The second-order valence-electron chi connectivity index (χ2n) is 34.9. The van der Waals surface area contributed by atoms with Crippen molar-refractivity contribution in [2.45, 2.75) is 247 Å². The molecule has 572 valence electrons. The van der Waals surface area contributed by atoms with E-state index >= 15 is 0 Å². The number of carbonyl (C=O) groups excluding carboxylic acids is 4. The molecular weight excluding hydrogens is 1350 g/mol. The molecule has 4 saturated carbocycles. The van der Waals surface area contributed by atoms with Gasteiger partial charge in [-0.1, -0.05) is 210 Å². The number of rotatable bonds is 16. The normalized spacial score (nSPS) is 16.8. The van der Waals surface area contributed by atoms with Crippen molar-refractivity contribution in [1.82, 2.24) is 0 Å². The molecule has 0 amide bonds. The molecule has 0 aliphatic heterocycles. The molecule has 8 heteroatoms. The molecule has 0 unspecified atom stereocenters. The van der Waals surface area contributed by atoms with Gasteiger partial charge < -0.3 is 18.9 Å². The second-order valence-corrected chi connectivity index (χ2v) is 34.9. The van der Waals surface area contributed by atoms with Crippen LogP contribution in [-0.2, 0) is 60.5 Å². The average Bonchev–Trinajstić information content (AvgIpc) is 1.28. The summed E-state index contributed by atoms with van der Waals surface area (Å²) < 4.78 is 25.5. The highest BCUT2D eigenvalue weighted by Gasteiger charge is 2.47. The molecule has 0 bridgehead atoms. The number of fused-ring (bicyclic) bond motifs is 8. The summed E-state index contributed by atoms with van der Waals surface area (Å²) in [7, 11) is 0. The maximum Gasteiger partial charge on any atom is 0.312 e. The van der Waals surface area contributed by atoms with Gasteiger partial charge >= 0.3 is 23.9 Å². The summed E-state index contributed by atoms with van der Waals surface area (Å²) in [5.41, 5.74) is 0.867. The SMILES string of the molecule is CCC(C)(C)C(=O)OC1(c2c3ccccc3cc3ccccc23)CCCC1.CCC(C)(C)C(=O)OC1(c2c3ccccc3cc3ccccc23)CCCCC1.CCC(C)(C)C(=O)OC1(c2ccc3cc4ccccc4cc3c2)CCCC1.CCC(C)(C)C(=O)OC1(c2ccc3cc4ccccc4cc3c2)CCCCC1. The zero-order valence-corrected chi connectivity index (χ0v) is 67.6. The van der Waals surface area contributed by atoms with Crippen LogP contribution >= 0.6 is 0 Å². The monoisotopic (exact) mass is 1470 g/mol. The molecule has 4 fully saturated rings. The molecule has 0 saturated heterocycles. The first-order chi connectivity index (χ1) is 52.8. The minimum absolute atomic E-state index is 0.0736. The Hall–Kier alpha value is -9.40. The molecule has 0 radical (unpaired) electrons.